The predicted octanol–water partition coefficient (Wildman–Crippen LogP) is 3.75. The van der Waals surface area contributed by atoms with E-state index in [1.807, 2.05) is 6.07 Å². The van der Waals surface area contributed by atoms with Gasteiger partial charge in [-0.05, 0) is 54.4 Å². The van der Waals surface area contributed by atoms with E-state index in [0.29, 0.717) is 28.5 Å². The van der Waals surface area contributed by atoms with E-state index >= 15 is 0 Å². The van der Waals surface area contributed by atoms with Gasteiger partial charge in [0.15, 0.2) is 11.5 Å². The van der Waals surface area contributed by atoms with E-state index in [-0.39, 0.29) is 17.0 Å². The minimum atomic E-state index is -3.94. The maximum absolute atomic E-state index is 12.9. The number of nitrogens with one attached hydrogen (secondary N) is 2. The number of para-hydroxylation sites is 2. The van der Waals surface area contributed by atoms with E-state index in [9.17, 15) is 13.2 Å². The average Bonchev–Trinajstić information content (AvgIpc) is 2.82. The van der Waals surface area contributed by atoms with Crippen LogP contribution in [0.5, 0.6) is 17.2 Å². The summed E-state index contributed by atoms with van der Waals surface area (Å²) in [5.41, 5.74) is 2.02. The van der Waals surface area contributed by atoms with Gasteiger partial charge in [0.05, 0.1) is 31.9 Å². The second-order valence-corrected chi connectivity index (χ2v) is 8.84. The largest absolute Gasteiger partial charge is 0.495 e. The predicted molar refractivity (Wildman–Crippen MR) is 126 cm³/mol. The number of rotatable bonds is 9. The first kappa shape index (κ1) is 23.9. The molecule has 0 saturated carbocycles. The van der Waals surface area contributed by atoms with E-state index in [1.54, 1.807) is 56.5 Å². The Bertz CT molecular complexity index is 1260. The quantitative estimate of drug-likeness (QED) is 0.494. The molecule has 1 amide bonds. The van der Waals surface area contributed by atoms with Crippen molar-refractivity contribution in [2.24, 2.45) is 0 Å². The van der Waals surface area contributed by atoms with E-state index in [2.05, 4.69) is 10.0 Å². The fourth-order valence-corrected chi connectivity index (χ4v) is 4.31. The van der Waals surface area contributed by atoms with Crippen LogP contribution in [0.1, 0.15) is 21.5 Å². The molecule has 0 spiro atoms. The lowest BCUT2D eigenvalue weighted by molar-refractivity contribution is 0.0950. The Balaban J connectivity index is 1.80. The van der Waals surface area contributed by atoms with E-state index < -0.39 is 15.9 Å². The Morgan fingerprint density at radius 3 is 2.24 bits per heavy atom. The summed E-state index contributed by atoms with van der Waals surface area (Å²) in [5, 5.41) is 2.82. The van der Waals surface area contributed by atoms with Crippen LogP contribution in [0.25, 0.3) is 0 Å². The summed E-state index contributed by atoms with van der Waals surface area (Å²) in [7, 11) is 0.599. The highest BCUT2D eigenvalue weighted by Crippen LogP contribution is 2.28. The van der Waals surface area contributed by atoms with Crippen LogP contribution in [0.3, 0.4) is 0 Å². The fraction of sp³-hybridized carbons (Fsp3) is 0.208. The highest BCUT2D eigenvalue weighted by molar-refractivity contribution is 7.92. The summed E-state index contributed by atoms with van der Waals surface area (Å²) in [4.78, 5) is 12.8. The number of carbonyl (C=O) groups excluding carboxylic acids is 1. The monoisotopic (exact) mass is 470 g/mol. The van der Waals surface area contributed by atoms with Crippen molar-refractivity contribution in [1.29, 1.82) is 0 Å². The van der Waals surface area contributed by atoms with Crippen LogP contribution >= 0.6 is 0 Å². The topological polar surface area (TPSA) is 103 Å². The molecule has 3 aromatic carbocycles. The molecule has 3 aromatic rings. The molecule has 174 valence electrons. The molecular formula is C24H26N2O6S. The van der Waals surface area contributed by atoms with Gasteiger partial charge in [0.2, 0.25) is 0 Å². The SMILES string of the molecule is COc1ccccc1NS(=O)(=O)c1ccc(C)c(C(=O)NCc2ccc(OC)c(OC)c2)c1. The van der Waals surface area contributed by atoms with Gasteiger partial charge in [-0.15, -0.1) is 0 Å². The lowest BCUT2D eigenvalue weighted by Gasteiger charge is -2.14. The zero-order valence-corrected chi connectivity index (χ0v) is 19.7. The molecular weight excluding hydrogens is 444 g/mol. The van der Waals surface area contributed by atoms with Crippen molar-refractivity contribution in [2.75, 3.05) is 26.1 Å². The van der Waals surface area contributed by atoms with E-state index in [0.717, 1.165) is 5.56 Å². The van der Waals surface area contributed by atoms with Crippen LogP contribution in [-0.2, 0) is 16.6 Å². The minimum Gasteiger partial charge on any atom is -0.495 e. The van der Waals surface area contributed by atoms with Crippen molar-refractivity contribution in [1.82, 2.24) is 5.32 Å². The average molecular weight is 471 g/mol. The van der Waals surface area contributed by atoms with Gasteiger partial charge in [-0.2, -0.15) is 0 Å². The van der Waals surface area contributed by atoms with Crippen molar-refractivity contribution >= 4 is 21.6 Å². The first-order valence-electron chi connectivity index (χ1n) is 10.0. The van der Waals surface area contributed by atoms with Crippen molar-refractivity contribution in [2.45, 2.75) is 18.4 Å². The van der Waals surface area contributed by atoms with Crippen LogP contribution in [0.4, 0.5) is 5.69 Å². The highest BCUT2D eigenvalue weighted by atomic mass is 32.2. The number of aryl methyl sites for hydroxylation is 1. The number of sulfonamides is 1. The lowest BCUT2D eigenvalue weighted by Crippen LogP contribution is -2.24. The molecule has 2 N–H and O–H groups in total. The number of hydrogen-bond acceptors (Lipinski definition) is 6. The zero-order chi connectivity index (χ0) is 24.0. The Labute approximate surface area is 193 Å². The molecule has 0 aliphatic heterocycles. The highest BCUT2D eigenvalue weighted by Gasteiger charge is 2.20. The molecule has 0 fully saturated rings. The minimum absolute atomic E-state index is 0.0322. The molecule has 0 radical (unpaired) electrons. The first-order valence-corrected chi connectivity index (χ1v) is 11.5. The summed E-state index contributed by atoms with van der Waals surface area (Å²) < 4.78 is 44.1. The Morgan fingerprint density at radius 1 is 0.848 bits per heavy atom. The summed E-state index contributed by atoms with van der Waals surface area (Å²) in [6.45, 7) is 1.98. The molecule has 0 heterocycles. The number of methoxy groups -OCH3 is 3. The third-order valence-corrected chi connectivity index (χ3v) is 6.38. The van der Waals surface area contributed by atoms with Gasteiger partial charge < -0.3 is 19.5 Å². The van der Waals surface area contributed by atoms with Crippen LogP contribution in [0.2, 0.25) is 0 Å². The standard InChI is InChI=1S/C24H26N2O6S/c1-16-9-11-18(33(28,29)26-20-7-5-6-8-21(20)30-2)14-19(16)24(27)25-15-17-10-12-22(31-3)23(13-17)32-4/h5-14,26H,15H2,1-4H3,(H,25,27). The number of hydrogen-bond donors (Lipinski definition) is 2. The zero-order valence-electron chi connectivity index (χ0n) is 18.8. The summed E-state index contributed by atoms with van der Waals surface area (Å²) >= 11 is 0. The normalized spacial score (nSPS) is 10.9. The van der Waals surface area contributed by atoms with Crippen LogP contribution < -0.4 is 24.2 Å². The Kier molecular flexibility index (Phi) is 7.44. The molecule has 9 heteroatoms. The summed E-state index contributed by atoms with van der Waals surface area (Å²) in [6, 6.07) is 16.4. The smallest absolute Gasteiger partial charge is 0.262 e. The van der Waals surface area contributed by atoms with Gasteiger partial charge in [-0.3, -0.25) is 9.52 Å². The molecule has 3 rings (SSSR count). The van der Waals surface area contributed by atoms with Gasteiger partial charge in [0.25, 0.3) is 15.9 Å². The van der Waals surface area contributed by atoms with Gasteiger partial charge in [-0.25, -0.2) is 8.42 Å². The number of carbonyl (C=O) groups is 1. The second-order valence-electron chi connectivity index (χ2n) is 7.15. The molecule has 0 aliphatic carbocycles. The molecule has 0 atom stereocenters. The maximum atomic E-state index is 12.9. The number of ether oxygens (including phenoxy) is 3. The van der Waals surface area contributed by atoms with Gasteiger partial charge in [0.1, 0.15) is 5.75 Å². The van der Waals surface area contributed by atoms with Crippen LogP contribution in [0.15, 0.2) is 65.6 Å². The van der Waals surface area contributed by atoms with Crippen LogP contribution in [0, 0.1) is 6.92 Å². The summed E-state index contributed by atoms with van der Waals surface area (Å²) in [6.07, 6.45) is 0. The summed E-state index contributed by atoms with van der Waals surface area (Å²) in [5.74, 6) is 1.14. The van der Waals surface area contributed by atoms with E-state index in [1.165, 1.54) is 26.4 Å². The van der Waals surface area contributed by atoms with Crippen molar-refractivity contribution < 1.29 is 27.4 Å². The van der Waals surface area contributed by atoms with Gasteiger partial charge in [0, 0.05) is 12.1 Å². The number of anilines is 1. The Morgan fingerprint density at radius 2 is 1.55 bits per heavy atom. The number of amides is 1. The third kappa shape index (κ3) is 5.56. The van der Waals surface area contributed by atoms with Crippen molar-refractivity contribution in [3.05, 3.63) is 77.4 Å². The molecule has 0 aliphatic rings. The molecule has 8 nitrogen and oxygen atoms in total. The van der Waals surface area contributed by atoms with Gasteiger partial charge >= 0.3 is 0 Å². The van der Waals surface area contributed by atoms with Crippen molar-refractivity contribution in [3.63, 3.8) is 0 Å². The first-order chi connectivity index (χ1) is 15.8. The number of benzene rings is 3. The second kappa shape index (κ2) is 10.3. The van der Waals surface area contributed by atoms with Gasteiger partial charge in [-0.1, -0.05) is 24.3 Å². The molecule has 0 aromatic heterocycles. The molecule has 33 heavy (non-hydrogen) atoms. The molecule has 0 bridgehead atoms. The van der Waals surface area contributed by atoms with Crippen molar-refractivity contribution in [3.8, 4) is 17.2 Å². The Hall–Kier alpha value is -3.72. The molecule has 0 saturated heterocycles. The maximum Gasteiger partial charge on any atom is 0.262 e. The van der Waals surface area contributed by atoms with Crippen LogP contribution in [-0.4, -0.2) is 35.7 Å². The van der Waals surface area contributed by atoms with E-state index in [4.69, 9.17) is 14.2 Å². The fourth-order valence-electron chi connectivity index (χ4n) is 3.21. The third-order valence-electron chi connectivity index (χ3n) is 5.02. The lowest BCUT2D eigenvalue weighted by atomic mass is 10.1. The molecule has 0 unspecified atom stereocenters.